The van der Waals surface area contributed by atoms with Crippen LogP contribution in [0.4, 0.5) is 5.69 Å². The van der Waals surface area contributed by atoms with Gasteiger partial charge in [-0.2, -0.15) is 0 Å². The first-order chi connectivity index (χ1) is 13.8. The fourth-order valence-electron chi connectivity index (χ4n) is 3.32. The van der Waals surface area contributed by atoms with Crippen molar-refractivity contribution in [1.29, 1.82) is 0 Å². The van der Waals surface area contributed by atoms with E-state index in [9.17, 15) is 22.8 Å². The summed E-state index contributed by atoms with van der Waals surface area (Å²) in [5.41, 5.74) is 0.398. The van der Waals surface area contributed by atoms with Gasteiger partial charge in [0.05, 0.1) is 24.9 Å². The second kappa shape index (κ2) is 6.89. The van der Waals surface area contributed by atoms with Crippen LogP contribution < -0.4 is 9.64 Å². The Morgan fingerprint density at radius 1 is 1.14 bits per heavy atom. The molecule has 1 atom stereocenters. The molecule has 0 spiro atoms. The van der Waals surface area contributed by atoms with Crippen molar-refractivity contribution in [3.63, 3.8) is 0 Å². The van der Waals surface area contributed by atoms with Crippen LogP contribution in [0.5, 0.6) is 5.75 Å². The second-order valence-corrected chi connectivity index (χ2v) is 8.25. The van der Waals surface area contributed by atoms with E-state index in [-0.39, 0.29) is 22.8 Å². The smallest absolute Gasteiger partial charge is 0.348 e. The molecule has 0 aromatic heterocycles. The van der Waals surface area contributed by atoms with E-state index < -0.39 is 40.5 Å². The summed E-state index contributed by atoms with van der Waals surface area (Å²) >= 11 is 0. The van der Waals surface area contributed by atoms with Gasteiger partial charge >= 0.3 is 5.97 Å². The maximum absolute atomic E-state index is 13.0. The minimum absolute atomic E-state index is 0.0233. The van der Waals surface area contributed by atoms with Gasteiger partial charge in [-0.3, -0.25) is 9.59 Å². The summed E-state index contributed by atoms with van der Waals surface area (Å²) in [7, 11) is -2.93. The molecule has 150 valence electrons. The number of esters is 1. The Morgan fingerprint density at radius 2 is 1.83 bits per heavy atom. The molecule has 2 amide bonds. The first kappa shape index (κ1) is 18.9. The van der Waals surface area contributed by atoms with Gasteiger partial charge in [0.1, 0.15) is 17.2 Å². The lowest BCUT2D eigenvalue weighted by Gasteiger charge is -2.34. The monoisotopic (exact) mass is 416 g/mol. The van der Waals surface area contributed by atoms with Crippen molar-refractivity contribution in [2.45, 2.75) is 11.0 Å². The van der Waals surface area contributed by atoms with Gasteiger partial charge in [0.15, 0.2) is 0 Å². The molecule has 10 heteroatoms. The van der Waals surface area contributed by atoms with E-state index in [1.165, 1.54) is 30.2 Å². The molecule has 2 heterocycles. The Hall–Kier alpha value is -3.40. The lowest BCUT2D eigenvalue weighted by Crippen LogP contribution is -2.50. The van der Waals surface area contributed by atoms with E-state index in [2.05, 4.69) is 0 Å². The molecular formula is C19H16N2O7S. The van der Waals surface area contributed by atoms with Crippen molar-refractivity contribution in [2.24, 2.45) is 0 Å². The highest BCUT2D eigenvalue weighted by Crippen LogP contribution is 2.35. The largest absolute Gasteiger partial charge is 0.475 e. The molecule has 0 fully saturated rings. The average Bonchev–Trinajstić information content (AvgIpc) is 2.93. The molecular weight excluding hydrogens is 400 g/mol. The average molecular weight is 416 g/mol. The second-order valence-electron chi connectivity index (χ2n) is 6.41. The van der Waals surface area contributed by atoms with Crippen LogP contribution in [-0.2, 0) is 24.3 Å². The Balaban J connectivity index is 1.65. The third-order valence-corrected chi connectivity index (χ3v) is 6.52. The van der Waals surface area contributed by atoms with Gasteiger partial charge in [-0.05, 0) is 24.3 Å². The van der Waals surface area contributed by atoms with Crippen molar-refractivity contribution in [1.82, 2.24) is 4.31 Å². The molecule has 2 aliphatic heterocycles. The van der Waals surface area contributed by atoms with Crippen molar-refractivity contribution in [3.05, 3.63) is 54.1 Å². The van der Waals surface area contributed by atoms with Crippen molar-refractivity contribution in [2.75, 3.05) is 25.1 Å². The number of carbonyl (C=O) groups is 3. The zero-order valence-electron chi connectivity index (χ0n) is 15.3. The molecule has 4 rings (SSSR count). The van der Waals surface area contributed by atoms with Crippen LogP contribution in [0, 0.1) is 0 Å². The number of sulfonamides is 1. The van der Waals surface area contributed by atoms with Crippen LogP contribution in [0.3, 0.4) is 0 Å². The van der Waals surface area contributed by atoms with Crippen LogP contribution in [0.15, 0.2) is 53.4 Å². The van der Waals surface area contributed by atoms with Crippen molar-refractivity contribution >= 4 is 33.5 Å². The summed E-state index contributed by atoms with van der Waals surface area (Å²) < 4.78 is 36.2. The predicted octanol–water partition coefficient (Wildman–Crippen LogP) is 0.798. The number of para-hydroxylation sites is 2. The minimum atomic E-state index is -4.13. The van der Waals surface area contributed by atoms with Crippen LogP contribution in [0.2, 0.25) is 0 Å². The van der Waals surface area contributed by atoms with Gasteiger partial charge in [-0.25, -0.2) is 17.5 Å². The summed E-state index contributed by atoms with van der Waals surface area (Å²) in [5, 5.41) is 0. The highest BCUT2D eigenvalue weighted by molar-refractivity contribution is 7.90. The maximum atomic E-state index is 13.0. The number of rotatable bonds is 3. The van der Waals surface area contributed by atoms with Gasteiger partial charge < -0.3 is 14.4 Å². The van der Waals surface area contributed by atoms with Crippen LogP contribution in [-0.4, -0.2) is 56.8 Å². The van der Waals surface area contributed by atoms with Crippen LogP contribution >= 0.6 is 0 Å². The quantitative estimate of drug-likeness (QED) is 0.681. The number of amides is 2. The number of anilines is 1. The molecule has 0 saturated heterocycles. The van der Waals surface area contributed by atoms with Crippen molar-refractivity contribution in [3.8, 4) is 5.75 Å². The molecule has 9 nitrogen and oxygen atoms in total. The summed E-state index contributed by atoms with van der Waals surface area (Å²) in [6.45, 7) is -0.865. The number of nitrogens with zero attached hydrogens (tertiary/aromatic N) is 2. The van der Waals surface area contributed by atoms with Crippen molar-refractivity contribution < 1.29 is 32.3 Å². The predicted molar refractivity (Wildman–Crippen MR) is 99.9 cm³/mol. The van der Waals surface area contributed by atoms with Crippen LogP contribution in [0.1, 0.15) is 10.4 Å². The molecule has 0 radical (unpaired) electrons. The summed E-state index contributed by atoms with van der Waals surface area (Å²) in [5.74, 6) is -1.82. The summed E-state index contributed by atoms with van der Waals surface area (Å²) in [6, 6.07) is 12.3. The van der Waals surface area contributed by atoms with E-state index in [4.69, 9.17) is 9.47 Å². The Labute approximate surface area is 166 Å². The standard InChI is InChI=1S/C19H16N2O7S/c1-27-19(24)15-10-20(13-7-3-4-8-14(13)28-15)17(22)11-21-18(23)12-6-2-5-9-16(12)29(21,25)26/h2-9,15H,10-11H2,1H3/t15-/m1/s1. The van der Waals surface area contributed by atoms with Gasteiger partial charge in [0.25, 0.3) is 15.9 Å². The van der Waals surface area contributed by atoms with E-state index >= 15 is 0 Å². The first-order valence-corrected chi connectivity index (χ1v) is 10.1. The minimum Gasteiger partial charge on any atom is -0.475 e. The molecule has 0 saturated carbocycles. The third-order valence-electron chi connectivity index (χ3n) is 4.73. The van der Waals surface area contributed by atoms with E-state index in [0.717, 1.165) is 0 Å². The number of hydrogen-bond acceptors (Lipinski definition) is 7. The van der Waals surface area contributed by atoms with E-state index in [0.29, 0.717) is 9.99 Å². The number of hydrogen-bond donors (Lipinski definition) is 0. The molecule has 2 aromatic rings. The molecule has 2 aromatic carbocycles. The lowest BCUT2D eigenvalue weighted by atomic mass is 10.1. The lowest BCUT2D eigenvalue weighted by molar-refractivity contribution is -0.148. The highest BCUT2D eigenvalue weighted by atomic mass is 32.2. The Kier molecular flexibility index (Phi) is 4.50. The molecule has 29 heavy (non-hydrogen) atoms. The number of benzene rings is 2. The molecule has 0 unspecified atom stereocenters. The zero-order chi connectivity index (χ0) is 20.8. The molecule has 2 aliphatic rings. The topological polar surface area (TPSA) is 110 Å². The van der Waals surface area contributed by atoms with Crippen LogP contribution in [0.25, 0.3) is 0 Å². The number of carbonyl (C=O) groups excluding carboxylic acids is 3. The summed E-state index contributed by atoms with van der Waals surface area (Å²) in [4.78, 5) is 38.6. The third kappa shape index (κ3) is 3.01. The number of methoxy groups -OCH3 is 1. The fourth-order valence-corrected chi connectivity index (χ4v) is 4.84. The first-order valence-electron chi connectivity index (χ1n) is 8.64. The van der Waals surface area contributed by atoms with Gasteiger partial charge in [-0.1, -0.05) is 24.3 Å². The SMILES string of the molecule is COC(=O)[C@H]1CN(C(=O)CN2C(=O)c3ccccc3S2(=O)=O)c2ccccc2O1. The number of ether oxygens (including phenoxy) is 2. The van der Waals surface area contributed by atoms with Gasteiger partial charge in [-0.15, -0.1) is 0 Å². The normalized spacial score (nSPS) is 19.2. The highest BCUT2D eigenvalue weighted by Gasteiger charge is 2.43. The molecule has 0 N–H and O–H groups in total. The Bertz CT molecular complexity index is 1130. The van der Waals surface area contributed by atoms with Gasteiger partial charge in [0, 0.05) is 0 Å². The maximum Gasteiger partial charge on any atom is 0.348 e. The fraction of sp³-hybridized carbons (Fsp3) is 0.211. The number of fused-ring (bicyclic) bond motifs is 2. The van der Waals surface area contributed by atoms with Gasteiger partial charge in [0.2, 0.25) is 12.0 Å². The molecule has 0 aliphatic carbocycles. The molecule has 0 bridgehead atoms. The zero-order valence-corrected chi connectivity index (χ0v) is 16.1. The summed E-state index contributed by atoms with van der Waals surface area (Å²) in [6.07, 6.45) is -1.07. The Morgan fingerprint density at radius 3 is 2.55 bits per heavy atom. The van der Waals surface area contributed by atoms with E-state index in [1.54, 1.807) is 30.3 Å². The van der Waals surface area contributed by atoms with E-state index in [1.807, 2.05) is 0 Å².